The average molecular weight is 366 g/mol. The van der Waals surface area contributed by atoms with Gasteiger partial charge in [-0.3, -0.25) is 4.79 Å². The Morgan fingerprint density at radius 2 is 2.08 bits per heavy atom. The van der Waals surface area contributed by atoms with Crippen LogP contribution in [0.2, 0.25) is 0 Å². The van der Waals surface area contributed by atoms with Crippen molar-refractivity contribution < 1.29 is 17.9 Å². The topological polar surface area (TPSA) is 75.7 Å². The highest BCUT2D eigenvalue weighted by Gasteiger charge is 2.32. The molecule has 1 amide bonds. The molecule has 0 spiro atoms. The monoisotopic (exact) mass is 366 g/mol. The summed E-state index contributed by atoms with van der Waals surface area (Å²) in [6.07, 6.45) is 5.59. The molecule has 1 N–H and O–H groups in total. The molecule has 1 aliphatic heterocycles. The highest BCUT2D eigenvalue weighted by molar-refractivity contribution is 7.88. The van der Waals surface area contributed by atoms with E-state index in [2.05, 4.69) is 5.32 Å². The zero-order valence-corrected chi connectivity index (χ0v) is 15.6. The summed E-state index contributed by atoms with van der Waals surface area (Å²) in [5, 5.41) is 3.15. The van der Waals surface area contributed by atoms with Crippen molar-refractivity contribution in [2.24, 2.45) is 5.92 Å². The number of nitrogens with one attached hydrogen (secondary N) is 1. The summed E-state index contributed by atoms with van der Waals surface area (Å²) in [6.45, 7) is 0.793. The van der Waals surface area contributed by atoms with Gasteiger partial charge in [0.15, 0.2) is 0 Å². The molecular formula is C18H26N2O4S. The molecule has 1 aromatic rings. The molecule has 25 heavy (non-hydrogen) atoms. The van der Waals surface area contributed by atoms with E-state index in [4.69, 9.17) is 4.74 Å². The first-order chi connectivity index (χ1) is 11.9. The van der Waals surface area contributed by atoms with E-state index in [-0.39, 0.29) is 24.4 Å². The maximum absolute atomic E-state index is 12.7. The quantitative estimate of drug-likeness (QED) is 0.882. The Bertz CT molecular complexity index is 747. The predicted molar refractivity (Wildman–Crippen MR) is 96.0 cm³/mol. The number of carbonyl (C=O) groups is 1. The van der Waals surface area contributed by atoms with E-state index in [1.807, 2.05) is 18.2 Å². The molecule has 2 aliphatic rings. The van der Waals surface area contributed by atoms with Gasteiger partial charge in [0, 0.05) is 13.1 Å². The molecule has 1 aliphatic carbocycles. The predicted octanol–water partition coefficient (Wildman–Crippen LogP) is 1.86. The standard InChI is InChI=1S/C18H26N2O4S/c1-24-15-8-9-16-13(11-15)5-3-7-17(16)19-18(21)14-6-4-10-20(12-14)25(2,22)23/h8-9,11,14,17H,3-7,10,12H2,1-2H3,(H,19,21)/t14-,17+/m0/s1. The Morgan fingerprint density at radius 1 is 1.28 bits per heavy atom. The van der Waals surface area contributed by atoms with Crippen molar-refractivity contribution in [2.45, 2.75) is 38.1 Å². The molecule has 0 aromatic heterocycles. The summed E-state index contributed by atoms with van der Waals surface area (Å²) >= 11 is 0. The Morgan fingerprint density at radius 3 is 2.80 bits per heavy atom. The lowest BCUT2D eigenvalue weighted by molar-refractivity contribution is -0.127. The largest absolute Gasteiger partial charge is 0.497 e. The highest BCUT2D eigenvalue weighted by atomic mass is 32.2. The minimum atomic E-state index is -3.24. The Kier molecular flexibility index (Phi) is 5.34. The van der Waals surface area contributed by atoms with Crippen LogP contribution in [0.15, 0.2) is 18.2 Å². The first kappa shape index (κ1) is 18.2. The Balaban J connectivity index is 1.70. The first-order valence-electron chi connectivity index (χ1n) is 8.81. The lowest BCUT2D eigenvalue weighted by Gasteiger charge is -2.32. The molecule has 7 heteroatoms. The number of ether oxygens (including phenoxy) is 1. The molecule has 0 saturated carbocycles. The van der Waals surface area contributed by atoms with Gasteiger partial charge in [0.05, 0.1) is 25.3 Å². The molecule has 0 radical (unpaired) electrons. The number of carbonyl (C=O) groups excluding carboxylic acids is 1. The zero-order chi connectivity index (χ0) is 18.0. The van der Waals surface area contributed by atoms with Gasteiger partial charge in [0.25, 0.3) is 0 Å². The van der Waals surface area contributed by atoms with Crippen LogP contribution in [0, 0.1) is 5.92 Å². The fraction of sp³-hybridized carbons (Fsp3) is 0.611. The zero-order valence-electron chi connectivity index (χ0n) is 14.8. The number of nitrogens with zero attached hydrogens (tertiary/aromatic N) is 1. The van der Waals surface area contributed by atoms with Gasteiger partial charge < -0.3 is 10.1 Å². The summed E-state index contributed by atoms with van der Waals surface area (Å²) in [5.74, 6) is 0.524. The van der Waals surface area contributed by atoms with Gasteiger partial charge in [-0.2, -0.15) is 0 Å². The number of hydrogen-bond acceptors (Lipinski definition) is 4. The van der Waals surface area contributed by atoms with E-state index in [1.165, 1.54) is 16.1 Å². The van der Waals surface area contributed by atoms with Crippen molar-refractivity contribution in [1.29, 1.82) is 0 Å². The molecule has 0 bridgehead atoms. The van der Waals surface area contributed by atoms with Crippen LogP contribution in [0.1, 0.15) is 42.9 Å². The number of amides is 1. The molecule has 3 rings (SSSR count). The minimum Gasteiger partial charge on any atom is -0.497 e. The van der Waals surface area contributed by atoms with Crippen molar-refractivity contribution in [3.8, 4) is 5.75 Å². The average Bonchev–Trinajstić information content (AvgIpc) is 2.61. The molecule has 1 fully saturated rings. The maximum atomic E-state index is 12.7. The third kappa shape index (κ3) is 4.15. The number of fused-ring (bicyclic) bond motifs is 1. The van der Waals surface area contributed by atoms with Gasteiger partial charge >= 0.3 is 0 Å². The Labute approximate surface area is 149 Å². The minimum absolute atomic E-state index is 0.00392. The second kappa shape index (κ2) is 7.33. The van der Waals surface area contributed by atoms with E-state index in [0.29, 0.717) is 6.54 Å². The normalized spacial score (nSPS) is 24.4. The van der Waals surface area contributed by atoms with Crippen LogP contribution in [0.4, 0.5) is 0 Å². The number of rotatable bonds is 4. The molecule has 0 unspecified atom stereocenters. The van der Waals surface area contributed by atoms with E-state index in [1.54, 1.807) is 7.11 Å². The molecule has 1 heterocycles. The molecular weight excluding hydrogens is 340 g/mol. The van der Waals surface area contributed by atoms with Crippen molar-refractivity contribution in [3.05, 3.63) is 29.3 Å². The van der Waals surface area contributed by atoms with E-state index >= 15 is 0 Å². The third-order valence-electron chi connectivity index (χ3n) is 5.20. The maximum Gasteiger partial charge on any atom is 0.224 e. The van der Waals surface area contributed by atoms with Crippen molar-refractivity contribution in [1.82, 2.24) is 9.62 Å². The first-order valence-corrected chi connectivity index (χ1v) is 10.7. The molecule has 1 aromatic carbocycles. The van der Waals surface area contributed by atoms with Crippen LogP contribution in [0.5, 0.6) is 5.75 Å². The van der Waals surface area contributed by atoms with Crippen LogP contribution in [-0.4, -0.2) is 45.1 Å². The van der Waals surface area contributed by atoms with Crippen LogP contribution in [0.3, 0.4) is 0 Å². The lowest BCUT2D eigenvalue weighted by atomic mass is 9.87. The fourth-order valence-electron chi connectivity index (χ4n) is 3.81. The number of methoxy groups -OCH3 is 1. The number of aryl methyl sites for hydroxylation is 1. The summed E-state index contributed by atoms with van der Waals surface area (Å²) < 4.78 is 30.2. The number of hydrogen-bond donors (Lipinski definition) is 1. The van der Waals surface area contributed by atoms with Gasteiger partial charge in [0.1, 0.15) is 5.75 Å². The van der Waals surface area contributed by atoms with Gasteiger partial charge in [-0.25, -0.2) is 12.7 Å². The van der Waals surface area contributed by atoms with Crippen molar-refractivity contribution >= 4 is 15.9 Å². The SMILES string of the molecule is COc1ccc2c(c1)CCC[C@H]2NC(=O)[C@H]1CCCN(S(C)(=O)=O)C1. The number of piperidine rings is 1. The second-order valence-electron chi connectivity index (χ2n) is 6.98. The van der Waals surface area contributed by atoms with Gasteiger partial charge in [-0.05, 0) is 55.4 Å². The number of benzene rings is 1. The van der Waals surface area contributed by atoms with Crippen LogP contribution in [-0.2, 0) is 21.2 Å². The molecule has 138 valence electrons. The van der Waals surface area contributed by atoms with Gasteiger partial charge in [-0.15, -0.1) is 0 Å². The second-order valence-corrected chi connectivity index (χ2v) is 8.96. The highest BCUT2D eigenvalue weighted by Crippen LogP contribution is 2.32. The van der Waals surface area contributed by atoms with Crippen molar-refractivity contribution in [2.75, 3.05) is 26.5 Å². The number of sulfonamides is 1. The lowest BCUT2D eigenvalue weighted by Crippen LogP contribution is -2.46. The van der Waals surface area contributed by atoms with E-state index in [0.717, 1.165) is 43.4 Å². The van der Waals surface area contributed by atoms with Crippen LogP contribution < -0.4 is 10.1 Å². The molecule has 6 nitrogen and oxygen atoms in total. The van der Waals surface area contributed by atoms with Crippen LogP contribution >= 0.6 is 0 Å². The van der Waals surface area contributed by atoms with Gasteiger partial charge in [-0.1, -0.05) is 6.07 Å². The summed E-state index contributed by atoms with van der Waals surface area (Å²) in [4.78, 5) is 12.7. The van der Waals surface area contributed by atoms with Crippen LogP contribution in [0.25, 0.3) is 0 Å². The van der Waals surface area contributed by atoms with E-state index in [9.17, 15) is 13.2 Å². The Hall–Kier alpha value is -1.60. The molecule has 2 atom stereocenters. The fourth-order valence-corrected chi connectivity index (χ4v) is 4.73. The third-order valence-corrected chi connectivity index (χ3v) is 6.47. The smallest absolute Gasteiger partial charge is 0.224 e. The van der Waals surface area contributed by atoms with E-state index < -0.39 is 10.0 Å². The summed E-state index contributed by atoms with van der Waals surface area (Å²) in [6, 6.07) is 5.99. The molecule has 1 saturated heterocycles. The summed E-state index contributed by atoms with van der Waals surface area (Å²) in [5.41, 5.74) is 2.37. The summed E-state index contributed by atoms with van der Waals surface area (Å²) in [7, 11) is -1.59. The van der Waals surface area contributed by atoms with Crippen molar-refractivity contribution in [3.63, 3.8) is 0 Å². The van der Waals surface area contributed by atoms with Gasteiger partial charge in [0.2, 0.25) is 15.9 Å².